The van der Waals surface area contributed by atoms with E-state index in [1.165, 1.54) is 4.90 Å². The van der Waals surface area contributed by atoms with Gasteiger partial charge < -0.3 is 10.2 Å². The number of likely N-dealkylation sites (N-methyl/N-ethyl adjacent to an activating group) is 1. The summed E-state index contributed by atoms with van der Waals surface area (Å²) in [5.41, 5.74) is 0.211. The summed E-state index contributed by atoms with van der Waals surface area (Å²) in [6, 6.07) is 9.82. The van der Waals surface area contributed by atoms with Crippen LogP contribution in [0.25, 0.3) is 0 Å². The maximum atomic E-state index is 12.1. The molecule has 0 aliphatic heterocycles. The Morgan fingerprint density at radius 2 is 2.10 bits per heavy atom. The van der Waals surface area contributed by atoms with Gasteiger partial charge in [0.2, 0.25) is 0 Å². The monoisotopic (exact) mass is 294 g/mol. The second kappa shape index (κ2) is 6.74. The highest BCUT2D eigenvalue weighted by Gasteiger charge is 2.28. The first-order valence-electron chi connectivity index (χ1n) is 6.55. The SMILES string of the molecule is C[C@H]([NH2+]CC(=O)N(C)C(C)(C)C#N)c1ccccc1Cl. The third-order valence-corrected chi connectivity index (χ3v) is 3.87. The molecular weight excluding hydrogens is 274 g/mol. The van der Waals surface area contributed by atoms with Gasteiger partial charge in [-0.3, -0.25) is 4.79 Å². The lowest BCUT2D eigenvalue weighted by Crippen LogP contribution is -2.87. The lowest BCUT2D eigenvalue weighted by atomic mass is 10.1. The number of nitrogens with two attached hydrogens (primary N) is 1. The van der Waals surface area contributed by atoms with Crippen molar-refractivity contribution in [2.75, 3.05) is 13.6 Å². The van der Waals surface area contributed by atoms with Crippen LogP contribution in [0.4, 0.5) is 0 Å². The molecule has 0 fully saturated rings. The Balaban J connectivity index is 2.62. The number of amides is 1. The average Bonchev–Trinajstić information content (AvgIpc) is 2.44. The molecule has 4 nitrogen and oxygen atoms in total. The minimum absolute atomic E-state index is 0.0737. The molecule has 1 aromatic carbocycles. The van der Waals surface area contributed by atoms with Crippen LogP contribution in [0.15, 0.2) is 24.3 Å². The summed E-state index contributed by atoms with van der Waals surface area (Å²) in [5.74, 6) is -0.0737. The maximum Gasteiger partial charge on any atom is 0.278 e. The van der Waals surface area contributed by atoms with Gasteiger partial charge in [0.05, 0.1) is 6.07 Å². The zero-order chi connectivity index (χ0) is 15.3. The van der Waals surface area contributed by atoms with Crippen LogP contribution in [0, 0.1) is 11.3 Å². The standard InChI is InChI=1S/C15H20ClN3O/c1-11(12-7-5-6-8-13(12)16)18-9-14(20)19(4)15(2,3)10-17/h5-8,11,18H,9H2,1-4H3/p+1/t11-/m0/s1. The second-order valence-corrected chi connectivity index (χ2v) is 5.78. The lowest BCUT2D eigenvalue weighted by molar-refractivity contribution is -0.683. The summed E-state index contributed by atoms with van der Waals surface area (Å²) in [7, 11) is 1.65. The molecule has 2 N–H and O–H groups in total. The number of hydrogen-bond donors (Lipinski definition) is 1. The van der Waals surface area contributed by atoms with Gasteiger partial charge in [-0.25, -0.2) is 0 Å². The molecule has 108 valence electrons. The number of quaternary nitrogens is 1. The smallest absolute Gasteiger partial charge is 0.278 e. The maximum absolute atomic E-state index is 12.1. The number of nitriles is 1. The van der Waals surface area contributed by atoms with E-state index < -0.39 is 5.54 Å². The zero-order valence-corrected chi connectivity index (χ0v) is 13.1. The molecule has 0 saturated carbocycles. The summed E-state index contributed by atoms with van der Waals surface area (Å²) >= 11 is 6.13. The van der Waals surface area contributed by atoms with Crippen LogP contribution < -0.4 is 5.32 Å². The van der Waals surface area contributed by atoms with Gasteiger partial charge in [-0.2, -0.15) is 5.26 Å². The highest BCUT2D eigenvalue weighted by Crippen LogP contribution is 2.19. The fourth-order valence-corrected chi connectivity index (χ4v) is 2.08. The quantitative estimate of drug-likeness (QED) is 0.899. The molecule has 5 heteroatoms. The number of carbonyl (C=O) groups is 1. The van der Waals surface area contributed by atoms with Crippen molar-refractivity contribution in [2.24, 2.45) is 0 Å². The Kier molecular flexibility index (Phi) is 5.55. The molecule has 0 bridgehead atoms. The molecule has 0 aromatic heterocycles. The minimum Gasteiger partial charge on any atom is -0.332 e. The molecule has 1 rings (SSSR count). The van der Waals surface area contributed by atoms with Gasteiger partial charge >= 0.3 is 0 Å². The molecule has 20 heavy (non-hydrogen) atoms. The summed E-state index contributed by atoms with van der Waals surface area (Å²) < 4.78 is 0. The third kappa shape index (κ3) is 3.96. The Labute approximate surface area is 125 Å². The molecule has 0 heterocycles. The second-order valence-electron chi connectivity index (χ2n) is 5.37. The lowest BCUT2D eigenvalue weighted by Gasteiger charge is -2.28. The van der Waals surface area contributed by atoms with Crippen LogP contribution in [0.2, 0.25) is 5.02 Å². The molecule has 0 aliphatic rings. The van der Waals surface area contributed by atoms with E-state index in [0.29, 0.717) is 5.02 Å². The predicted octanol–water partition coefficient (Wildman–Crippen LogP) is 1.72. The van der Waals surface area contributed by atoms with Crippen LogP contribution in [0.1, 0.15) is 32.4 Å². The molecule has 1 amide bonds. The molecular formula is C15H21ClN3O+. The first-order valence-corrected chi connectivity index (χ1v) is 6.93. The highest BCUT2D eigenvalue weighted by molar-refractivity contribution is 6.31. The number of halogens is 1. The summed E-state index contributed by atoms with van der Waals surface area (Å²) in [5, 5.41) is 11.7. The fourth-order valence-electron chi connectivity index (χ4n) is 1.77. The molecule has 0 unspecified atom stereocenters. The molecule has 1 aromatic rings. The normalized spacial score (nSPS) is 12.6. The topological polar surface area (TPSA) is 60.7 Å². The summed E-state index contributed by atoms with van der Waals surface area (Å²) in [6.45, 7) is 5.74. The van der Waals surface area contributed by atoms with Crippen LogP contribution in [0.5, 0.6) is 0 Å². The molecule has 0 radical (unpaired) electrons. The summed E-state index contributed by atoms with van der Waals surface area (Å²) in [6.07, 6.45) is 0. The van der Waals surface area contributed by atoms with Crippen molar-refractivity contribution in [1.82, 2.24) is 4.90 Å². The highest BCUT2D eigenvalue weighted by atomic mass is 35.5. The number of benzene rings is 1. The van der Waals surface area contributed by atoms with E-state index in [1.807, 2.05) is 36.5 Å². The van der Waals surface area contributed by atoms with Gasteiger partial charge in [0.15, 0.2) is 6.54 Å². The van der Waals surface area contributed by atoms with Crippen molar-refractivity contribution in [3.63, 3.8) is 0 Å². The van der Waals surface area contributed by atoms with E-state index in [9.17, 15) is 4.79 Å². The Hall–Kier alpha value is -1.57. The first kappa shape index (κ1) is 16.5. The van der Waals surface area contributed by atoms with E-state index in [-0.39, 0.29) is 18.5 Å². The molecule has 1 atom stereocenters. The van der Waals surface area contributed by atoms with Gasteiger partial charge in [0.1, 0.15) is 11.6 Å². The van der Waals surface area contributed by atoms with Gasteiger partial charge in [0, 0.05) is 17.6 Å². The Morgan fingerprint density at radius 1 is 1.50 bits per heavy atom. The number of hydrogen-bond acceptors (Lipinski definition) is 2. The van der Waals surface area contributed by atoms with E-state index in [0.717, 1.165) is 5.56 Å². The molecule has 0 aliphatic carbocycles. The van der Waals surface area contributed by atoms with Gasteiger partial charge in [-0.05, 0) is 26.8 Å². The van der Waals surface area contributed by atoms with E-state index >= 15 is 0 Å². The van der Waals surface area contributed by atoms with E-state index in [1.54, 1.807) is 20.9 Å². The van der Waals surface area contributed by atoms with Crippen LogP contribution in [0.3, 0.4) is 0 Å². The Morgan fingerprint density at radius 3 is 2.65 bits per heavy atom. The molecule has 0 saturated heterocycles. The van der Waals surface area contributed by atoms with Crippen molar-refractivity contribution < 1.29 is 10.1 Å². The fraction of sp³-hybridized carbons (Fsp3) is 0.467. The van der Waals surface area contributed by atoms with Crippen molar-refractivity contribution in [3.05, 3.63) is 34.9 Å². The van der Waals surface area contributed by atoms with Crippen molar-refractivity contribution in [3.8, 4) is 6.07 Å². The first-order chi connectivity index (χ1) is 9.29. The zero-order valence-electron chi connectivity index (χ0n) is 12.4. The van der Waals surface area contributed by atoms with Crippen molar-refractivity contribution in [1.29, 1.82) is 5.26 Å². The summed E-state index contributed by atoms with van der Waals surface area (Å²) in [4.78, 5) is 13.6. The van der Waals surface area contributed by atoms with Gasteiger partial charge in [0.25, 0.3) is 5.91 Å². The van der Waals surface area contributed by atoms with E-state index in [2.05, 4.69) is 6.07 Å². The molecule has 0 spiro atoms. The predicted molar refractivity (Wildman–Crippen MR) is 79.1 cm³/mol. The number of nitrogens with zero attached hydrogens (tertiary/aromatic N) is 2. The van der Waals surface area contributed by atoms with Crippen LogP contribution in [-0.4, -0.2) is 29.9 Å². The van der Waals surface area contributed by atoms with Crippen molar-refractivity contribution >= 4 is 17.5 Å². The largest absolute Gasteiger partial charge is 0.332 e. The number of carbonyl (C=O) groups excluding carboxylic acids is 1. The number of rotatable bonds is 5. The van der Waals surface area contributed by atoms with Gasteiger partial charge in [-0.15, -0.1) is 0 Å². The Bertz CT molecular complexity index is 522. The third-order valence-electron chi connectivity index (χ3n) is 3.53. The minimum atomic E-state index is -0.793. The van der Waals surface area contributed by atoms with Gasteiger partial charge in [-0.1, -0.05) is 29.8 Å². The van der Waals surface area contributed by atoms with Crippen molar-refractivity contribution in [2.45, 2.75) is 32.4 Å². The van der Waals surface area contributed by atoms with Crippen LogP contribution in [-0.2, 0) is 4.79 Å². The van der Waals surface area contributed by atoms with Crippen LogP contribution >= 0.6 is 11.6 Å². The average molecular weight is 295 g/mol. The van der Waals surface area contributed by atoms with E-state index in [4.69, 9.17) is 16.9 Å².